The maximum absolute atomic E-state index is 4.53. The molecule has 1 aromatic carbocycles. The summed E-state index contributed by atoms with van der Waals surface area (Å²) in [6.45, 7) is 10.3. The molecule has 2 rings (SSSR count). The van der Waals surface area contributed by atoms with Crippen molar-refractivity contribution in [1.29, 1.82) is 0 Å². The normalized spacial score (nSPS) is 11.3. The number of nitrogens with zero attached hydrogens (tertiary/aromatic N) is 2. The van der Waals surface area contributed by atoms with Gasteiger partial charge in [-0.3, -0.25) is 0 Å². The summed E-state index contributed by atoms with van der Waals surface area (Å²) in [6, 6.07) is 8.06. The highest BCUT2D eigenvalue weighted by molar-refractivity contribution is 9.10. The number of halogens is 1. The molecule has 1 heterocycles. The van der Waals surface area contributed by atoms with Gasteiger partial charge in [0.15, 0.2) is 0 Å². The van der Waals surface area contributed by atoms with Gasteiger partial charge in [-0.1, -0.05) is 15.9 Å². The first-order valence-corrected chi connectivity index (χ1v) is 7.69. The predicted molar refractivity (Wildman–Crippen MR) is 92.3 cm³/mol. The van der Waals surface area contributed by atoms with Gasteiger partial charge in [0.2, 0.25) is 5.95 Å². The van der Waals surface area contributed by atoms with Crippen molar-refractivity contribution >= 4 is 33.4 Å². The van der Waals surface area contributed by atoms with Gasteiger partial charge in [0, 0.05) is 27.5 Å². The lowest BCUT2D eigenvalue weighted by Crippen LogP contribution is -2.27. The van der Waals surface area contributed by atoms with E-state index in [1.54, 1.807) is 0 Å². The van der Waals surface area contributed by atoms with E-state index in [1.165, 1.54) is 0 Å². The molecule has 4 nitrogen and oxygen atoms in total. The van der Waals surface area contributed by atoms with Gasteiger partial charge in [-0.2, -0.15) is 4.98 Å². The average Bonchev–Trinajstić information content (AvgIpc) is 2.29. The molecular formula is C16H21BrN4. The monoisotopic (exact) mass is 348 g/mol. The van der Waals surface area contributed by atoms with Crippen molar-refractivity contribution in [2.45, 2.75) is 40.2 Å². The lowest BCUT2D eigenvalue weighted by Gasteiger charge is -2.21. The van der Waals surface area contributed by atoms with E-state index in [0.29, 0.717) is 5.95 Å². The molecule has 0 amide bonds. The number of anilines is 3. The molecule has 5 heteroatoms. The Morgan fingerprint density at radius 2 is 1.76 bits per heavy atom. The quantitative estimate of drug-likeness (QED) is 0.835. The molecule has 0 unspecified atom stereocenters. The lowest BCUT2D eigenvalue weighted by molar-refractivity contribution is 0.625. The second kappa shape index (κ2) is 6.02. The molecular weight excluding hydrogens is 328 g/mol. The smallest absolute Gasteiger partial charge is 0.225 e. The molecule has 0 fully saturated rings. The van der Waals surface area contributed by atoms with Crippen LogP contribution in [0.1, 0.15) is 32.0 Å². The van der Waals surface area contributed by atoms with Gasteiger partial charge < -0.3 is 10.6 Å². The number of aromatic nitrogens is 2. The first-order chi connectivity index (χ1) is 9.73. The molecule has 0 atom stereocenters. The van der Waals surface area contributed by atoms with E-state index >= 15 is 0 Å². The third kappa shape index (κ3) is 4.70. The first kappa shape index (κ1) is 15.8. The Morgan fingerprint density at radius 1 is 1.05 bits per heavy atom. The molecule has 0 radical (unpaired) electrons. The summed E-state index contributed by atoms with van der Waals surface area (Å²) in [5, 5.41) is 6.66. The van der Waals surface area contributed by atoms with Crippen molar-refractivity contribution in [2.75, 3.05) is 10.6 Å². The van der Waals surface area contributed by atoms with E-state index in [9.17, 15) is 0 Å². The van der Waals surface area contributed by atoms with Gasteiger partial charge >= 0.3 is 0 Å². The Bertz CT molecular complexity index is 647. The van der Waals surface area contributed by atoms with Crippen LogP contribution in [0, 0.1) is 13.8 Å². The van der Waals surface area contributed by atoms with E-state index in [0.717, 1.165) is 27.2 Å². The highest BCUT2D eigenvalue weighted by atomic mass is 79.9. The number of rotatable bonds is 3. The minimum atomic E-state index is -0.0708. The fraction of sp³-hybridized carbons (Fsp3) is 0.375. The summed E-state index contributed by atoms with van der Waals surface area (Å²) in [5.74, 6) is 1.43. The van der Waals surface area contributed by atoms with Gasteiger partial charge in [0.05, 0.1) is 0 Å². The van der Waals surface area contributed by atoms with Gasteiger partial charge in [0.25, 0.3) is 0 Å². The Morgan fingerprint density at radius 3 is 2.38 bits per heavy atom. The molecule has 0 spiro atoms. The molecule has 0 aliphatic heterocycles. The van der Waals surface area contributed by atoms with Crippen LogP contribution in [0.15, 0.2) is 28.7 Å². The van der Waals surface area contributed by atoms with Crippen molar-refractivity contribution in [2.24, 2.45) is 0 Å². The van der Waals surface area contributed by atoms with Crippen LogP contribution in [0.5, 0.6) is 0 Å². The molecule has 2 N–H and O–H groups in total. The predicted octanol–water partition coefficient (Wildman–Crippen LogP) is 4.81. The number of aryl methyl sites for hydroxylation is 2. The molecule has 2 aromatic rings. The topological polar surface area (TPSA) is 49.8 Å². The average molecular weight is 349 g/mol. The van der Waals surface area contributed by atoms with Crippen LogP contribution >= 0.6 is 15.9 Å². The third-order valence-electron chi connectivity index (χ3n) is 2.79. The largest absolute Gasteiger partial charge is 0.350 e. The highest BCUT2D eigenvalue weighted by Crippen LogP contribution is 2.24. The van der Waals surface area contributed by atoms with Gasteiger partial charge in [-0.15, -0.1) is 0 Å². The molecule has 0 bridgehead atoms. The van der Waals surface area contributed by atoms with Crippen LogP contribution in [0.3, 0.4) is 0 Å². The maximum Gasteiger partial charge on any atom is 0.225 e. The summed E-state index contributed by atoms with van der Waals surface area (Å²) in [6.07, 6.45) is 0. The molecule has 112 valence electrons. The summed E-state index contributed by atoms with van der Waals surface area (Å²) in [7, 11) is 0. The SMILES string of the molecule is Cc1cc(Nc2ccc(Br)cc2C)nc(NC(C)(C)C)n1. The fourth-order valence-corrected chi connectivity index (χ4v) is 2.40. The Hall–Kier alpha value is -1.62. The van der Waals surface area contributed by atoms with Gasteiger partial charge in [0.1, 0.15) is 5.82 Å². The summed E-state index contributed by atoms with van der Waals surface area (Å²) in [5.41, 5.74) is 3.05. The van der Waals surface area contributed by atoms with Crippen molar-refractivity contribution in [1.82, 2.24) is 9.97 Å². The summed E-state index contributed by atoms with van der Waals surface area (Å²) in [4.78, 5) is 8.96. The van der Waals surface area contributed by atoms with Crippen LogP contribution in [0.2, 0.25) is 0 Å². The second-order valence-electron chi connectivity index (χ2n) is 6.18. The zero-order chi connectivity index (χ0) is 15.6. The van der Waals surface area contributed by atoms with Crippen LogP contribution in [-0.4, -0.2) is 15.5 Å². The van der Waals surface area contributed by atoms with Gasteiger partial charge in [-0.05, 0) is 58.4 Å². The zero-order valence-electron chi connectivity index (χ0n) is 13.1. The molecule has 0 saturated carbocycles. The standard InChI is InChI=1S/C16H21BrN4/c1-10-8-12(17)6-7-13(10)19-14-9-11(2)18-15(20-14)21-16(3,4)5/h6-9H,1-5H3,(H2,18,19,20,21). The van der Waals surface area contributed by atoms with E-state index in [4.69, 9.17) is 0 Å². The Balaban J connectivity index is 2.27. The molecule has 0 aliphatic carbocycles. The maximum atomic E-state index is 4.53. The Labute approximate surface area is 134 Å². The van der Waals surface area contributed by atoms with E-state index in [2.05, 4.69) is 70.3 Å². The molecule has 0 saturated heterocycles. The number of benzene rings is 1. The fourth-order valence-electron chi connectivity index (χ4n) is 1.93. The first-order valence-electron chi connectivity index (χ1n) is 6.90. The molecule has 0 aliphatic rings. The van der Waals surface area contributed by atoms with E-state index in [-0.39, 0.29) is 5.54 Å². The third-order valence-corrected chi connectivity index (χ3v) is 3.29. The van der Waals surface area contributed by atoms with Crippen LogP contribution in [-0.2, 0) is 0 Å². The highest BCUT2D eigenvalue weighted by Gasteiger charge is 2.12. The van der Waals surface area contributed by atoms with Crippen LogP contribution in [0.25, 0.3) is 0 Å². The molecule has 21 heavy (non-hydrogen) atoms. The molecule has 1 aromatic heterocycles. The Kier molecular flexibility index (Phi) is 4.52. The van der Waals surface area contributed by atoms with Crippen molar-refractivity contribution < 1.29 is 0 Å². The van der Waals surface area contributed by atoms with Gasteiger partial charge in [-0.25, -0.2) is 4.98 Å². The van der Waals surface area contributed by atoms with Crippen LogP contribution < -0.4 is 10.6 Å². The zero-order valence-corrected chi connectivity index (χ0v) is 14.7. The van der Waals surface area contributed by atoms with Crippen LogP contribution in [0.4, 0.5) is 17.5 Å². The van der Waals surface area contributed by atoms with Crippen molar-refractivity contribution in [3.05, 3.63) is 40.0 Å². The van der Waals surface area contributed by atoms with Crippen molar-refractivity contribution in [3.63, 3.8) is 0 Å². The van der Waals surface area contributed by atoms with E-state index in [1.807, 2.05) is 25.1 Å². The minimum absolute atomic E-state index is 0.0708. The summed E-state index contributed by atoms with van der Waals surface area (Å²) < 4.78 is 1.07. The summed E-state index contributed by atoms with van der Waals surface area (Å²) >= 11 is 3.47. The minimum Gasteiger partial charge on any atom is -0.350 e. The lowest BCUT2D eigenvalue weighted by atomic mass is 10.1. The second-order valence-corrected chi connectivity index (χ2v) is 7.09. The van der Waals surface area contributed by atoms with E-state index < -0.39 is 0 Å². The number of hydrogen-bond donors (Lipinski definition) is 2. The number of nitrogens with one attached hydrogen (secondary N) is 2. The van der Waals surface area contributed by atoms with Crippen molar-refractivity contribution in [3.8, 4) is 0 Å². The number of hydrogen-bond acceptors (Lipinski definition) is 4.